The summed E-state index contributed by atoms with van der Waals surface area (Å²) in [6, 6.07) is 16.2. The number of carbonyl (C=O) groups is 1. The van der Waals surface area contributed by atoms with Crippen LogP contribution < -0.4 is 10.6 Å². The summed E-state index contributed by atoms with van der Waals surface area (Å²) in [6.45, 7) is 10.8. The number of anilines is 1. The van der Waals surface area contributed by atoms with Gasteiger partial charge < -0.3 is 15.6 Å². The van der Waals surface area contributed by atoms with Crippen molar-refractivity contribution in [1.82, 2.24) is 10.3 Å². The Morgan fingerprint density at radius 3 is 2.54 bits per heavy atom. The second-order valence-electron chi connectivity index (χ2n) is 6.14. The summed E-state index contributed by atoms with van der Waals surface area (Å²) in [5, 5.41) is 7.32. The summed E-state index contributed by atoms with van der Waals surface area (Å²) in [6.07, 6.45) is 2.84. The highest BCUT2D eigenvalue weighted by atomic mass is 16.2. The molecule has 0 radical (unpaired) electrons. The SMILES string of the molecule is CC.CC.Cc1cc2cc(NC(=O)C3=Cc4ccccc4CCN3)ccc2[nH]1. The van der Waals surface area contributed by atoms with Gasteiger partial charge in [0, 0.05) is 28.8 Å². The monoisotopic (exact) mass is 377 g/mol. The number of aromatic nitrogens is 1. The van der Waals surface area contributed by atoms with Crippen molar-refractivity contribution in [2.45, 2.75) is 41.0 Å². The number of hydrogen-bond donors (Lipinski definition) is 3. The van der Waals surface area contributed by atoms with Gasteiger partial charge in [0.1, 0.15) is 5.70 Å². The average molecular weight is 378 g/mol. The number of amides is 1. The minimum Gasteiger partial charge on any atom is -0.380 e. The molecule has 0 aliphatic carbocycles. The van der Waals surface area contributed by atoms with Crippen LogP contribution in [-0.4, -0.2) is 17.4 Å². The Hall–Kier alpha value is -3.01. The summed E-state index contributed by atoms with van der Waals surface area (Å²) >= 11 is 0. The van der Waals surface area contributed by atoms with Crippen molar-refractivity contribution in [3.8, 4) is 0 Å². The van der Waals surface area contributed by atoms with Crippen LogP contribution in [0.2, 0.25) is 0 Å². The molecule has 4 nitrogen and oxygen atoms in total. The third-order valence-corrected chi connectivity index (χ3v) is 4.32. The van der Waals surface area contributed by atoms with E-state index >= 15 is 0 Å². The molecule has 28 heavy (non-hydrogen) atoms. The quantitative estimate of drug-likeness (QED) is 0.540. The Morgan fingerprint density at radius 2 is 1.75 bits per heavy atom. The van der Waals surface area contributed by atoms with Crippen molar-refractivity contribution in [2.24, 2.45) is 0 Å². The molecule has 0 unspecified atom stereocenters. The molecule has 4 heteroatoms. The lowest BCUT2D eigenvalue weighted by Gasteiger charge is -2.09. The Balaban J connectivity index is 0.000000660. The molecule has 1 aliphatic heterocycles. The number of nitrogens with one attached hydrogen (secondary N) is 3. The van der Waals surface area contributed by atoms with E-state index in [1.54, 1.807) is 0 Å². The zero-order chi connectivity index (χ0) is 20.5. The summed E-state index contributed by atoms with van der Waals surface area (Å²) < 4.78 is 0. The first-order chi connectivity index (χ1) is 13.7. The van der Waals surface area contributed by atoms with Crippen LogP contribution in [-0.2, 0) is 11.2 Å². The van der Waals surface area contributed by atoms with Gasteiger partial charge in [-0.05, 0) is 54.8 Å². The minimum atomic E-state index is -0.113. The van der Waals surface area contributed by atoms with E-state index in [-0.39, 0.29) is 5.91 Å². The Labute approximate surface area is 168 Å². The lowest BCUT2D eigenvalue weighted by Crippen LogP contribution is -2.26. The van der Waals surface area contributed by atoms with Crippen LogP contribution in [0, 0.1) is 6.92 Å². The van der Waals surface area contributed by atoms with E-state index in [1.807, 2.05) is 77.1 Å². The molecule has 2 aromatic carbocycles. The number of H-pyrrole nitrogens is 1. The van der Waals surface area contributed by atoms with Gasteiger partial charge in [0.05, 0.1) is 0 Å². The third-order valence-electron chi connectivity index (χ3n) is 4.32. The van der Waals surface area contributed by atoms with Crippen molar-refractivity contribution >= 4 is 28.6 Å². The zero-order valence-corrected chi connectivity index (χ0v) is 17.5. The molecule has 1 amide bonds. The van der Waals surface area contributed by atoms with Gasteiger partial charge in [-0.3, -0.25) is 4.79 Å². The smallest absolute Gasteiger partial charge is 0.271 e. The van der Waals surface area contributed by atoms with Crippen molar-refractivity contribution in [3.63, 3.8) is 0 Å². The first-order valence-electron chi connectivity index (χ1n) is 10.1. The van der Waals surface area contributed by atoms with Gasteiger partial charge in [-0.2, -0.15) is 0 Å². The fraction of sp³-hybridized carbons (Fsp3) is 0.292. The number of rotatable bonds is 2. The number of benzene rings is 2. The van der Waals surface area contributed by atoms with Gasteiger partial charge in [0.25, 0.3) is 5.91 Å². The molecule has 0 fully saturated rings. The summed E-state index contributed by atoms with van der Waals surface area (Å²) in [7, 11) is 0. The van der Waals surface area contributed by atoms with Gasteiger partial charge in [-0.1, -0.05) is 52.0 Å². The number of hydrogen-bond acceptors (Lipinski definition) is 2. The van der Waals surface area contributed by atoms with Crippen molar-refractivity contribution in [1.29, 1.82) is 0 Å². The van der Waals surface area contributed by atoms with Gasteiger partial charge in [-0.15, -0.1) is 0 Å². The van der Waals surface area contributed by atoms with Crippen LogP contribution in [0.3, 0.4) is 0 Å². The molecule has 1 aromatic heterocycles. The highest BCUT2D eigenvalue weighted by Crippen LogP contribution is 2.21. The molecular formula is C24H31N3O. The standard InChI is InChI=1S/C20H19N3O.2C2H6/c1-13-10-16-11-17(6-7-18(16)22-13)23-20(24)19-12-15-5-3-2-4-14(15)8-9-21-19;2*1-2/h2-7,10-12,21-22H,8-9H2,1H3,(H,23,24);2*1-2H3. The van der Waals surface area contributed by atoms with Crippen LogP contribution in [0.4, 0.5) is 5.69 Å². The van der Waals surface area contributed by atoms with Crippen LogP contribution in [0.1, 0.15) is 44.5 Å². The maximum atomic E-state index is 12.6. The minimum absolute atomic E-state index is 0.113. The van der Waals surface area contributed by atoms with E-state index in [4.69, 9.17) is 0 Å². The molecule has 0 saturated heterocycles. The number of aryl methyl sites for hydroxylation is 1. The Bertz CT molecular complexity index is 953. The van der Waals surface area contributed by atoms with Crippen LogP contribution >= 0.6 is 0 Å². The normalized spacial score (nSPS) is 12.1. The lowest BCUT2D eigenvalue weighted by molar-refractivity contribution is -0.113. The Morgan fingerprint density at radius 1 is 1.00 bits per heavy atom. The number of aromatic amines is 1. The van der Waals surface area contributed by atoms with E-state index in [1.165, 1.54) is 5.56 Å². The largest absolute Gasteiger partial charge is 0.380 e. The second-order valence-corrected chi connectivity index (χ2v) is 6.14. The highest BCUT2D eigenvalue weighted by Gasteiger charge is 2.14. The van der Waals surface area contributed by atoms with Crippen molar-refractivity contribution in [3.05, 3.63) is 71.0 Å². The summed E-state index contributed by atoms with van der Waals surface area (Å²) in [5.74, 6) is -0.113. The van der Waals surface area contributed by atoms with Gasteiger partial charge in [0.15, 0.2) is 0 Å². The predicted octanol–water partition coefficient (Wildman–Crippen LogP) is 5.65. The van der Waals surface area contributed by atoms with Crippen molar-refractivity contribution < 1.29 is 4.79 Å². The Kier molecular flexibility index (Phi) is 7.88. The van der Waals surface area contributed by atoms with Crippen LogP contribution in [0.25, 0.3) is 17.0 Å². The molecule has 2 heterocycles. The van der Waals surface area contributed by atoms with Crippen molar-refractivity contribution in [2.75, 3.05) is 11.9 Å². The lowest BCUT2D eigenvalue weighted by atomic mass is 10.1. The number of fused-ring (bicyclic) bond motifs is 2. The molecule has 0 spiro atoms. The van der Waals surface area contributed by atoms with Gasteiger partial charge in [-0.25, -0.2) is 0 Å². The number of carbonyl (C=O) groups excluding carboxylic acids is 1. The summed E-state index contributed by atoms with van der Waals surface area (Å²) in [4.78, 5) is 15.9. The van der Waals surface area contributed by atoms with E-state index in [9.17, 15) is 4.79 Å². The predicted molar refractivity (Wildman–Crippen MR) is 120 cm³/mol. The van der Waals surface area contributed by atoms with E-state index in [0.717, 1.165) is 40.8 Å². The molecule has 3 N–H and O–H groups in total. The van der Waals surface area contributed by atoms with Crippen LogP contribution in [0.5, 0.6) is 0 Å². The fourth-order valence-corrected chi connectivity index (χ4v) is 3.14. The average Bonchev–Trinajstić information content (AvgIpc) is 2.96. The maximum absolute atomic E-state index is 12.6. The van der Waals surface area contributed by atoms with E-state index in [2.05, 4.69) is 27.8 Å². The topological polar surface area (TPSA) is 56.9 Å². The second kappa shape index (κ2) is 10.4. The third kappa shape index (κ3) is 5.03. The molecular weight excluding hydrogens is 346 g/mol. The summed E-state index contributed by atoms with van der Waals surface area (Å²) in [5.41, 5.74) is 5.95. The molecule has 3 aromatic rings. The maximum Gasteiger partial charge on any atom is 0.271 e. The molecule has 0 saturated carbocycles. The first kappa shape index (κ1) is 21.3. The molecule has 0 atom stereocenters. The van der Waals surface area contributed by atoms with Gasteiger partial charge in [0.2, 0.25) is 0 Å². The van der Waals surface area contributed by atoms with Gasteiger partial charge >= 0.3 is 0 Å². The molecule has 148 valence electrons. The molecule has 4 rings (SSSR count). The zero-order valence-electron chi connectivity index (χ0n) is 17.5. The highest BCUT2D eigenvalue weighted by molar-refractivity contribution is 6.07. The fourth-order valence-electron chi connectivity index (χ4n) is 3.14. The molecule has 1 aliphatic rings. The van der Waals surface area contributed by atoms with E-state index < -0.39 is 0 Å². The molecule has 0 bridgehead atoms. The van der Waals surface area contributed by atoms with E-state index in [0.29, 0.717) is 5.70 Å². The first-order valence-corrected chi connectivity index (χ1v) is 10.1. The van der Waals surface area contributed by atoms with Crippen LogP contribution in [0.15, 0.2) is 54.2 Å².